The largest absolute Gasteiger partial charge is 0.254 e. The van der Waals surface area contributed by atoms with E-state index in [0.717, 1.165) is 0 Å². The van der Waals surface area contributed by atoms with Crippen LogP contribution in [0.3, 0.4) is 0 Å². The van der Waals surface area contributed by atoms with E-state index in [0.29, 0.717) is 0 Å². The lowest BCUT2D eigenvalue weighted by Gasteiger charge is -2.13. The van der Waals surface area contributed by atoms with Gasteiger partial charge in [-0.15, -0.1) is 0 Å². The molecular formula is C6H12OS. The Hall–Kier alpha value is -0.110. The molecule has 0 aliphatic rings. The van der Waals surface area contributed by atoms with Crippen molar-refractivity contribution in [2.24, 2.45) is 0 Å². The van der Waals surface area contributed by atoms with Gasteiger partial charge >= 0.3 is 0 Å². The van der Waals surface area contributed by atoms with Gasteiger partial charge in [-0.05, 0) is 26.2 Å². The summed E-state index contributed by atoms with van der Waals surface area (Å²) in [6.45, 7) is 9.19. The summed E-state index contributed by atoms with van der Waals surface area (Å²) in [5.41, 5.74) is 0. The van der Waals surface area contributed by atoms with Gasteiger partial charge in [0.15, 0.2) is 0 Å². The first kappa shape index (κ1) is 7.89. The molecule has 0 fully saturated rings. The molecule has 0 aliphatic carbocycles. The molecule has 0 aromatic carbocycles. The van der Waals surface area contributed by atoms with E-state index in [1.54, 1.807) is 0 Å². The van der Waals surface area contributed by atoms with E-state index in [-0.39, 0.29) is 4.75 Å². The van der Waals surface area contributed by atoms with Crippen molar-refractivity contribution in [2.75, 3.05) is 0 Å². The van der Waals surface area contributed by atoms with Gasteiger partial charge in [0.25, 0.3) is 0 Å². The fourth-order valence-electron chi connectivity index (χ4n) is 0.250. The standard InChI is InChI=1S/C6H12OS/c1-5-8(7)6(2,3)4/h5H,1H2,2-4H3. The third-order valence-corrected chi connectivity index (χ3v) is 2.26. The molecule has 0 saturated carbocycles. The van der Waals surface area contributed by atoms with Crippen molar-refractivity contribution < 1.29 is 4.21 Å². The van der Waals surface area contributed by atoms with Gasteiger partial charge in [0.1, 0.15) is 0 Å². The first-order valence-electron chi connectivity index (χ1n) is 2.51. The Balaban J connectivity index is 4.02. The predicted molar refractivity (Wildman–Crippen MR) is 38.1 cm³/mol. The fourth-order valence-corrected chi connectivity index (χ4v) is 0.750. The van der Waals surface area contributed by atoms with Crippen LogP contribution < -0.4 is 0 Å². The Kier molecular flexibility index (Phi) is 2.41. The molecule has 0 rings (SSSR count). The molecule has 0 amide bonds. The van der Waals surface area contributed by atoms with Gasteiger partial charge in [-0.2, -0.15) is 0 Å². The molecule has 1 nitrogen and oxygen atoms in total. The molecule has 0 bridgehead atoms. The Bertz CT molecular complexity index is 110. The van der Waals surface area contributed by atoms with Crippen molar-refractivity contribution >= 4 is 10.8 Å². The van der Waals surface area contributed by atoms with Crippen molar-refractivity contribution in [3.05, 3.63) is 12.0 Å². The summed E-state index contributed by atoms with van der Waals surface area (Å²) >= 11 is 0. The number of rotatable bonds is 1. The number of hydrogen-bond acceptors (Lipinski definition) is 1. The summed E-state index contributed by atoms with van der Waals surface area (Å²) in [5.74, 6) is 0. The fraction of sp³-hybridized carbons (Fsp3) is 0.667. The summed E-state index contributed by atoms with van der Waals surface area (Å²) in [7, 11) is -0.880. The molecule has 0 N–H and O–H groups in total. The lowest BCUT2D eigenvalue weighted by atomic mass is 10.3. The molecule has 1 unspecified atom stereocenters. The minimum absolute atomic E-state index is 0.137. The van der Waals surface area contributed by atoms with Crippen LogP contribution in [0, 0.1) is 0 Å². The second-order valence-corrected chi connectivity index (χ2v) is 4.73. The monoisotopic (exact) mass is 132 g/mol. The van der Waals surface area contributed by atoms with Crippen LogP contribution in [0.4, 0.5) is 0 Å². The topological polar surface area (TPSA) is 17.1 Å². The Morgan fingerprint density at radius 3 is 1.88 bits per heavy atom. The van der Waals surface area contributed by atoms with Crippen LogP contribution >= 0.6 is 0 Å². The highest BCUT2D eigenvalue weighted by Gasteiger charge is 2.15. The molecule has 48 valence electrons. The maximum absolute atomic E-state index is 10.8. The van der Waals surface area contributed by atoms with E-state index >= 15 is 0 Å². The second kappa shape index (κ2) is 2.44. The third-order valence-electron chi connectivity index (χ3n) is 0.755. The van der Waals surface area contributed by atoms with Gasteiger partial charge in [0.2, 0.25) is 0 Å². The van der Waals surface area contributed by atoms with Gasteiger partial charge in [-0.25, -0.2) is 0 Å². The van der Waals surface area contributed by atoms with Crippen LogP contribution in [0.15, 0.2) is 12.0 Å². The van der Waals surface area contributed by atoms with Crippen molar-refractivity contribution in [3.8, 4) is 0 Å². The van der Waals surface area contributed by atoms with Crippen LogP contribution in [0.5, 0.6) is 0 Å². The zero-order valence-corrected chi connectivity index (χ0v) is 6.42. The van der Waals surface area contributed by atoms with E-state index in [4.69, 9.17) is 0 Å². The molecule has 0 saturated heterocycles. The molecule has 0 radical (unpaired) electrons. The van der Waals surface area contributed by atoms with Gasteiger partial charge < -0.3 is 0 Å². The van der Waals surface area contributed by atoms with Crippen molar-refractivity contribution in [3.63, 3.8) is 0 Å². The molecule has 8 heavy (non-hydrogen) atoms. The SMILES string of the molecule is C=CS(=O)C(C)(C)C. The van der Waals surface area contributed by atoms with E-state index in [1.165, 1.54) is 5.41 Å². The lowest BCUT2D eigenvalue weighted by molar-refractivity contribution is 0.656. The van der Waals surface area contributed by atoms with Crippen LogP contribution in [-0.2, 0) is 10.8 Å². The zero-order chi connectivity index (χ0) is 6.78. The minimum atomic E-state index is -0.880. The Morgan fingerprint density at radius 1 is 1.50 bits per heavy atom. The predicted octanol–water partition coefficient (Wildman–Crippen LogP) is 1.68. The molecule has 2 heteroatoms. The lowest BCUT2D eigenvalue weighted by Crippen LogP contribution is -2.18. The Labute approximate surface area is 53.2 Å². The molecule has 0 aliphatic heterocycles. The second-order valence-electron chi connectivity index (χ2n) is 2.58. The molecule has 0 spiro atoms. The average Bonchev–Trinajstić information content (AvgIpc) is 1.62. The molecule has 0 aromatic rings. The summed E-state index contributed by atoms with van der Waals surface area (Å²) in [4.78, 5) is 0. The quantitative estimate of drug-likeness (QED) is 0.530. The highest BCUT2D eigenvalue weighted by molar-refractivity contribution is 7.89. The van der Waals surface area contributed by atoms with Crippen LogP contribution in [-0.4, -0.2) is 8.96 Å². The highest BCUT2D eigenvalue weighted by Crippen LogP contribution is 2.10. The minimum Gasteiger partial charge on any atom is -0.254 e. The summed E-state index contributed by atoms with van der Waals surface area (Å²) in [5, 5.41) is 1.47. The van der Waals surface area contributed by atoms with Gasteiger partial charge in [-0.1, -0.05) is 6.58 Å². The number of hydrogen-bond donors (Lipinski definition) is 0. The normalized spacial score (nSPS) is 15.4. The van der Waals surface area contributed by atoms with E-state index < -0.39 is 10.8 Å². The van der Waals surface area contributed by atoms with Gasteiger partial charge in [0, 0.05) is 4.75 Å². The summed E-state index contributed by atoms with van der Waals surface area (Å²) < 4.78 is 10.7. The highest BCUT2D eigenvalue weighted by atomic mass is 32.2. The maximum Gasteiger partial charge on any atom is 0.0504 e. The van der Waals surface area contributed by atoms with Crippen LogP contribution in [0.25, 0.3) is 0 Å². The zero-order valence-electron chi connectivity index (χ0n) is 5.60. The first-order valence-corrected chi connectivity index (χ1v) is 3.73. The summed E-state index contributed by atoms with van der Waals surface area (Å²) in [6.07, 6.45) is 0. The van der Waals surface area contributed by atoms with Gasteiger partial charge in [0.05, 0.1) is 10.8 Å². The van der Waals surface area contributed by atoms with E-state index in [9.17, 15) is 4.21 Å². The van der Waals surface area contributed by atoms with Crippen LogP contribution in [0.1, 0.15) is 20.8 Å². The molecular weight excluding hydrogens is 120 g/mol. The molecule has 0 aromatic heterocycles. The van der Waals surface area contributed by atoms with E-state index in [2.05, 4.69) is 6.58 Å². The average molecular weight is 132 g/mol. The van der Waals surface area contributed by atoms with Crippen molar-refractivity contribution in [1.82, 2.24) is 0 Å². The summed E-state index contributed by atoms with van der Waals surface area (Å²) in [6, 6.07) is 0. The van der Waals surface area contributed by atoms with Crippen LogP contribution in [0.2, 0.25) is 0 Å². The molecule has 1 atom stereocenters. The first-order chi connectivity index (χ1) is 3.48. The van der Waals surface area contributed by atoms with Crippen molar-refractivity contribution in [2.45, 2.75) is 25.5 Å². The Morgan fingerprint density at radius 2 is 1.88 bits per heavy atom. The van der Waals surface area contributed by atoms with Gasteiger partial charge in [-0.3, -0.25) is 4.21 Å². The van der Waals surface area contributed by atoms with Crippen molar-refractivity contribution in [1.29, 1.82) is 0 Å². The smallest absolute Gasteiger partial charge is 0.0504 e. The third kappa shape index (κ3) is 2.26. The molecule has 0 heterocycles. The van der Waals surface area contributed by atoms with E-state index in [1.807, 2.05) is 20.8 Å². The maximum atomic E-state index is 10.8.